The molecule has 2 heterocycles. The predicted octanol–water partition coefficient (Wildman–Crippen LogP) is 4.91. The standard InChI is InChI=1S/C31H20N2O3/c34-29(23-14-5-2-6-15-23)28-27(32(28)33-30(35)25-17-9-10-18-26(25)31(33)36)24-16-8-7-13-22(24)20-19-21-11-3-1-4-12-21/h1-18,27-28H/t27-,28+,32?/m1/s1. The molecule has 0 saturated carbocycles. The number of fused-ring (bicyclic) bond motifs is 1. The van der Waals surface area contributed by atoms with Crippen LogP contribution in [0.2, 0.25) is 0 Å². The molecule has 36 heavy (non-hydrogen) atoms. The normalized spacial score (nSPS) is 19.9. The third-order valence-electron chi connectivity index (χ3n) is 6.50. The van der Waals surface area contributed by atoms with Gasteiger partial charge in [-0.1, -0.05) is 90.7 Å². The first-order valence-corrected chi connectivity index (χ1v) is 11.7. The maximum Gasteiger partial charge on any atom is 0.276 e. The Bertz CT molecular complexity index is 1530. The van der Waals surface area contributed by atoms with Crippen LogP contribution in [0.1, 0.15) is 53.8 Å². The van der Waals surface area contributed by atoms with Gasteiger partial charge in [-0.2, -0.15) is 5.01 Å². The molecular weight excluding hydrogens is 448 g/mol. The number of nitrogens with zero attached hydrogens (tertiary/aromatic N) is 2. The van der Waals surface area contributed by atoms with Gasteiger partial charge in [0, 0.05) is 16.7 Å². The molecule has 6 rings (SSSR count). The molecule has 2 aliphatic heterocycles. The summed E-state index contributed by atoms with van der Waals surface area (Å²) in [5.74, 6) is 5.41. The summed E-state index contributed by atoms with van der Waals surface area (Å²) in [7, 11) is 0. The van der Waals surface area contributed by atoms with Crippen LogP contribution in [0.4, 0.5) is 0 Å². The zero-order valence-electron chi connectivity index (χ0n) is 19.2. The van der Waals surface area contributed by atoms with Crippen molar-refractivity contribution in [2.75, 3.05) is 0 Å². The van der Waals surface area contributed by atoms with E-state index in [2.05, 4.69) is 11.8 Å². The fraction of sp³-hybridized carbons (Fsp3) is 0.0645. The lowest BCUT2D eigenvalue weighted by molar-refractivity contribution is 0.0342. The molecule has 0 radical (unpaired) electrons. The van der Waals surface area contributed by atoms with Crippen LogP contribution in [0.5, 0.6) is 0 Å². The smallest absolute Gasteiger partial charge is 0.276 e. The quantitative estimate of drug-likeness (QED) is 0.185. The molecule has 172 valence electrons. The van der Waals surface area contributed by atoms with E-state index in [1.807, 2.05) is 60.7 Å². The number of carbonyl (C=O) groups is 3. The average Bonchev–Trinajstić information content (AvgIpc) is 3.61. The molecule has 2 amide bonds. The van der Waals surface area contributed by atoms with Crippen molar-refractivity contribution >= 4 is 17.6 Å². The maximum atomic E-state index is 13.6. The molecule has 4 aromatic rings. The summed E-state index contributed by atoms with van der Waals surface area (Å²) < 4.78 is 0. The number of hydrogen-bond donors (Lipinski definition) is 0. The second-order valence-electron chi connectivity index (χ2n) is 8.67. The van der Waals surface area contributed by atoms with Crippen LogP contribution in [-0.2, 0) is 0 Å². The van der Waals surface area contributed by atoms with Crippen LogP contribution in [0.15, 0.2) is 109 Å². The highest BCUT2D eigenvalue weighted by Gasteiger charge is 2.61. The van der Waals surface area contributed by atoms with Gasteiger partial charge in [-0.15, -0.1) is 0 Å². The zero-order chi connectivity index (χ0) is 24.6. The van der Waals surface area contributed by atoms with E-state index in [4.69, 9.17) is 0 Å². The molecule has 5 heteroatoms. The number of Topliss-reactive ketones (excluding diaryl/α,β-unsaturated/α-hetero) is 1. The highest BCUT2D eigenvalue weighted by atomic mass is 16.2. The van der Waals surface area contributed by atoms with Crippen molar-refractivity contribution in [2.45, 2.75) is 12.1 Å². The van der Waals surface area contributed by atoms with Crippen molar-refractivity contribution in [3.05, 3.63) is 143 Å². The molecule has 0 aromatic heterocycles. The first-order valence-electron chi connectivity index (χ1n) is 11.7. The van der Waals surface area contributed by atoms with Gasteiger partial charge in [0.1, 0.15) is 6.04 Å². The van der Waals surface area contributed by atoms with Gasteiger partial charge in [0.2, 0.25) is 0 Å². The van der Waals surface area contributed by atoms with E-state index < -0.39 is 23.9 Å². The summed E-state index contributed by atoms with van der Waals surface area (Å²) in [6.45, 7) is 0. The molecule has 0 aliphatic carbocycles. The van der Waals surface area contributed by atoms with Crippen molar-refractivity contribution in [2.24, 2.45) is 0 Å². The Balaban J connectivity index is 1.42. The van der Waals surface area contributed by atoms with E-state index in [0.29, 0.717) is 16.7 Å². The SMILES string of the molecule is O=C(c1ccccc1)[C@@H]1[C@@H](c2ccccc2C#Cc2ccccc2)N1N1C(=O)c2ccccc2C1=O. The van der Waals surface area contributed by atoms with Gasteiger partial charge < -0.3 is 0 Å². The number of hydrogen-bond acceptors (Lipinski definition) is 4. The predicted molar refractivity (Wildman–Crippen MR) is 135 cm³/mol. The van der Waals surface area contributed by atoms with Crippen LogP contribution in [-0.4, -0.2) is 33.7 Å². The van der Waals surface area contributed by atoms with Gasteiger partial charge in [-0.05, 0) is 35.9 Å². The summed E-state index contributed by atoms with van der Waals surface area (Å²) >= 11 is 0. The molecule has 1 unspecified atom stereocenters. The van der Waals surface area contributed by atoms with Gasteiger partial charge in [0.15, 0.2) is 5.78 Å². The first kappa shape index (κ1) is 21.7. The monoisotopic (exact) mass is 468 g/mol. The summed E-state index contributed by atoms with van der Waals surface area (Å²) in [5.41, 5.74) is 3.63. The Hall–Kier alpha value is -4.79. The number of hydrazine groups is 1. The minimum atomic E-state index is -0.700. The largest absolute Gasteiger partial charge is 0.292 e. The van der Waals surface area contributed by atoms with Gasteiger partial charge >= 0.3 is 0 Å². The molecule has 1 saturated heterocycles. The topological polar surface area (TPSA) is 57.5 Å². The lowest BCUT2D eigenvalue weighted by atomic mass is 9.99. The highest BCUT2D eigenvalue weighted by Crippen LogP contribution is 2.49. The van der Waals surface area contributed by atoms with Crippen LogP contribution in [0.3, 0.4) is 0 Å². The molecule has 0 N–H and O–H groups in total. The maximum absolute atomic E-state index is 13.6. The summed E-state index contributed by atoms with van der Waals surface area (Å²) in [5, 5.41) is 2.73. The van der Waals surface area contributed by atoms with Crippen molar-refractivity contribution in [3.63, 3.8) is 0 Å². The van der Waals surface area contributed by atoms with E-state index in [1.165, 1.54) is 0 Å². The van der Waals surface area contributed by atoms with E-state index in [9.17, 15) is 14.4 Å². The minimum Gasteiger partial charge on any atom is -0.292 e. The van der Waals surface area contributed by atoms with E-state index in [1.54, 1.807) is 53.5 Å². The Morgan fingerprint density at radius 2 is 1.19 bits per heavy atom. The van der Waals surface area contributed by atoms with Crippen LogP contribution < -0.4 is 0 Å². The summed E-state index contributed by atoms with van der Waals surface area (Å²) in [4.78, 5) is 40.2. The van der Waals surface area contributed by atoms with Crippen molar-refractivity contribution in [1.82, 2.24) is 10.0 Å². The number of imide groups is 1. The number of ketones is 1. The number of rotatable bonds is 4. The molecule has 1 fully saturated rings. The molecule has 2 aliphatic rings. The van der Waals surface area contributed by atoms with Crippen LogP contribution in [0, 0.1) is 11.8 Å². The van der Waals surface area contributed by atoms with Crippen LogP contribution in [0.25, 0.3) is 0 Å². The molecular formula is C31H20N2O3. The zero-order valence-corrected chi connectivity index (χ0v) is 19.2. The number of benzene rings is 4. The van der Waals surface area contributed by atoms with Crippen molar-refractivity contribution in [1.29, 1.82) is 0 Å². The lowest BCUT2D eigenvalue weighted by Crippen LogP contribution is -2.37. The Labute approximate surface area is 208 Å². The molecule has 0 bridgehead atoms. The van der Waals surface area contributed by atoms with Gasteiger partial charge in [-0.3, -0.25) is 14.4 Å². The number of carbonyl (C=O) groups excluding carboxylic acids is 3. The van der Waals surface area contributed by atoms with Crippen molar-refractivity contribution < 1.29 is 14.4 Å². The summed E-state index contributed by atoms with van der Waals surface area (Å²) in [6, 6.07) is 31.7. The van der Waals surface area contributed by atoms with E-state index in [-0.39, 0.29) is 5.78 Å². The Morgan fingerprint density at radius 1 is 0.639 bits per heavy atom. The lowest BCUT2D eigenvalue weighted by Gasteiger charge is -2.16. The second-order valence-corrected chi connectivity index (χ2v) is 8.67. The van der Waals surface area contributed by atoms with E-state index >= 15 is 0 Å². The second kappa shape index (κ2) is 8.77. The fourth-order valence-corrected chi connectivity index (χ4v) is 4.73. The van der Waals surface area contributed by atoms with E-state index in [0.717, 1.165) is 21.7 Å². The third kappa shape index (κ3) is 3.61. The highest BCUT2D eigenvalue weighted by molar-refractivity contribution is 6.21. The minimum absolute atomic E-state index is 0.150. The molecule has 5 nitrogen and oxygen atoms in total. The molecule has 3 atom stereocenters. The van der Waals surface area contributed by atoms with Gasteiger partial charge in [-0.25, -0.2) is 5.01 Å². The Morgan fingerprint density at radius 3 is 1.86 bits per heavy atom. The van der Waals surface area contributed by atoms with Crippen LogP contribution >= 0.6 is 0 Å². The van der Waals surface area contributed by atoms with Gasteiger partial charge in [0.05, 0.1) is 17.2 Å². The third-order valence-corrected chi connectivity index (χ3v) is 6.50. The Kier molecular flexibility index (Phi) is 5.29. The molecule has 0 spiro atoms. The summed E-state index contributed by atoms with van der Waals surface area (Å²) in [6.07, 6.45) is 0. The number of amides is 2. The van der Waals surface area contributed by atoms with Crippen molar-refractivity contribution in [3.8, 4) is 11.8 Å². The fourth-order valence-electron chi connectivity index (χ4n) is 4.73. The van der Waals surface area contributed by atoms with Gasteiger partial charge in [0.25, 0.3) is 11.8 Å². The average molecular weight is 469 g/mol. The first-order chi connectivity index (χ1) is 17.6. The molecule has 4 aromatic carbocycles.